The van der Waals surface area contributed by atoms with E-state index in [1.807, 2.05) is 4.90 Å². The summed E-state index contributed by atoms with van der Waals surface area (Å²) in [5, 5.41) is 5.27. The van der Waals surface area contributed by atoms with E-state index < -0.39 is 6.04 Å². The summed E-state index contributed by atoms with van der Waals surface area (Å²) in [5.74, 6) is -0.818. The van der Waals surface area contributed by atoms with Gasteiger partial charge in [0.2, 0.25) is 11.8 Å². The second-order valence-electron chi connectivity index (χ2n) is 6.65. The molecule has 0 saturated carbocycles. The molecule has 0 spiro atoms. The molecule has 3 rings (SSSR count). The summed E-state index contributed by atoms with van der Waals surface area (Å²) >= 11 is 0. The van der Waals surface area contributed by atoms with Gasteiger partial charge in [-0.1, -0.05) is 0 Å². The summed E-state index contributed by atoms with van der Waals surface area (Å²) in [7, 11) is 3.21. The van der Waals surface area contributed by atoms with E-state index in [1.165, 1.54) is 6.07 Å². The monoisotopic (exact) mass is 365 g/mol. The molecular weight excluding hydrogens is 341 g/mol. The number of anilines is 2. The Labute approximate surface area is 151 Å². The molecule has 2 heterocycles. The van der Waals surface area contributed by atoms with Crippen molar-refractivity contribution in [2.24, 2.45) is 5.92 Å². The first-order valence-corrected chi connectivity index (χ1v) is 8.72. The number of hydrogen-bond acceptors (Lipinski definition) is 6. The number of rotatable bonds is 6. The summed E-state index contributed by atoms with van der Waals surface area (Å²) in [5.41, 5.74) is 1.04. The molecule has 2 amide bonds. The number of piperidine rings is 1. The molecule has 142 valence electrons. The highest BCUT2D eigenvalue weighted by Crippen LogP contribution is 2.30. The van der Waals surface area contributed by atoms with Crippen LogP contribution in [0, 0.1) is 11.7 Å². The highest BCUT2D eigenvalue weighted by Gasteiger charge is 2.31. The van der Waals surface area contributed by atoms with Crippen molar-refractivity contribution in [2.45, 2.75) is 31.6 Å². The van der Waals surface area contributed by atoms with Crippen molar-refractivity contribution < 1.29 is 23.5 Å². The number of imide groups is 1. The van der Waals surface area contributed by atoms with Gasteiger partial charge in [-0.15, -0.1) is 0 Å². The molecule has 1 aromatic carbocycles. The number of amides is 2. The van der Waals surface area contributed by atoms with Crippen LogP contribution in [0.15, 0.2) is 18.2 Å². The molecular formula is C18H24FN3O4. The Morgan fingerprint density at radius 2 is 2.04 bits per heavy atom. The average molecular weight is 365 g/mol. The van der Waals surface area contributed by atoms with Crippen molar-refractivity contribution in [1.82, 2.24) is 5.32 Å². The van der Waals surface area contributed by atoms with Gasteiger partial charge in [0.25, 0.3) is 0 Å². The normalized spacial score (nSPS) is 23.5. The van der Waals surface area contributed by atoms with E-state index in [1.54, 1.807) is 26.4 Å². The second-order valence-corrected chi connectivity index (χ2v) is 6.65. The number of carbonyl (C=O) groups is 2. The van der Waals surface area contributed by atoms with Crippen molar-refractivity contribution in [3.05, 3.63) is 24.0 Å². The van der Waals surface area contributed by atoms with Crippen LogP contribution in [0.25, 0.3) is 0 Å². The number of ether oxygens (including phenoxy) is 2. The van der Waals surface area contributed by atoms with Gasteiger partial charge in [0.05, 0.1) is 5.69 Å². The summed E-state index contributed by atoms with van der Waals surface area (Å²) in [4.78, 5) is 25.0. The zero-order valence-corrected chi connectivity index (χ0v) is 15.0. The van der Waals surface area contributed by atoms with Crippen LogP contribution >= 0.6 is 0 Å². The third kappa shape index (κ3) is 3.96. The number of nitrogens with one attached hydrogen (secondary N) is 2. The third-order valence-corrected chi connectivity index (χ3v) is 4.94. The molecule has 0 aliphatic carbocycles. The molecule has 2 fully saturated rings. The van der Waals surface area contributed by atoms with Crippen LogP contribution in [0.5, 0.6) is 0 Å². The maximum Gasteiger partial charge on any atom is 0.249 e. The van der Waals surface area contributed by atoms with E-state index in [2.05, 4.69) is 10.6 Å². The van der Waals surface area contributed by atoms with Gasteiger partial charge in [-0.25, -0.2) is 4.39 Å². The van der Waals surface area contributed by atoms with Crippen molar-refractivity contribution in [3.8, 4) is 0 Å². The first kappa shape index (κ1) is 18.6. The third-order valence-electron chi connectivity index (χ3n) is 4.94. The standard InChI is InChI=1S/C18H24FN3O4/c1-25-18(26-2)11-7-8-22(10-11)15-5-3-12(9-13(15)19)20-14-4-6-16(23)21-17(14)24/h3,5,9,11,14,18,20H,4,6-8,10H2,1-2H3,(H,21,23,24). The Hall–Kier alpha value is -2.19. The number of hydrogen-bond donors (Lipinski definition) is 2. The van der Waals surface area contributed by atoms with E-state index in [9.17, 15) is 14.0 Å². The summed E-state index contributed by atoms with van der Waals surface area (Å²) in [6.45, 7) is 1.38. The number of methoxy groups -OCH3 is 2. The molecule has 2 aliphatic rings. The highest BCUT2D eigenvalue weighted by atomic mass is 19.1. The molecule has 1 aromatic rings. The Morgan fingerprint density at radius 3 is 2.69 bits per heavy atom. The molecule has 7 nitrogen and oxygen atoms in total. The maximum absolute atomic E-state index is 14.6. The van der Waals surface area contributed by atoms with E-state index in [4.69, 9.17) is 9.47 Å². The van der Waals surface area contributed by atoms with Gasteiger partial charge >= 0.3 is 0 Å². The minimum atomic E-state index is -0.529. The van der Waals surface area contributed by atoms with E-state index in [-0.39, 0.29) is 36.3 Å². The summed E-state index contributed by atoms with van der Waals surface area (Å²) in [6, 6.07) is 4.31. The van der Waals surface area contributed by atoms with Gasteiger partial charge < -0.3 is 19.7 Å². The molecule has 2 saturated heterocycles. The van der Waals surface area contributed by atoms with Crippen molar-refractivity contribution in [3.63, 3.8) is 0 Å². The summed E-state index contributed by atoms with van der Waals surface area (Å²) < 4.78 is 25.2. The lowest BCUT2D eigenvalue weighted by Crippen LogP contribution is -2.47. The Kier molecular flexibility index (Phi) is 5.73. The lowest BCUT2D eigenvalue weighted by Gasteiger charge is -2.24. The fourth-order valence-corrected chi connectivity index (χ4v) is 3.59. The van der Waals surface area contributed by atoms with Crippen LogP contribution in [0.2, 0.25) is 0 Å². The average Bonchev–Trinajstić information content (AvgIpc) is 3.08. The predicted octanol–water partition coefficient (Wildman–Crippen LogP) is 1.49. The molecule has 0 bridgehead atoms. The van der Waals surface area contributed by atoms with Gasteiger partial charge in [-0.05, 0) is 31.0 Å². The maximum atomic E-state index is 14.6. The Balaban J connectivity index is 1.65. The first-order chi connectivity index (χ1) is 12.5. The van der Waals surface area contributed by atoms with Crippen LogP contribution in [0.1, 0.15) is 19.3 Å². The fourth-order valence-electron chi connectivity index (χ4n) is 3.59. The second kappa shape index (κ2) is 8.01. The van der Waals surface area contributed by atoms with Crippen LogP contribution in [0.3, 0.4) is 0 Å². The zero-order chi connectivity index (χ0) is 18.7. The van der Waals surface area contributed by atoms with Gasteiger partial charge in [-0.2, -0.15) is 0 Å². The van der Waals surface area contributed by atoms with Crippen LogP contribution in [-0.4, -0.2) is 51.5 Å². The number of halogens is 1. The van der Waals surface area contributed by atoms with Crippen LogP contribution < -0.4 is 15.5 Å². The van der Waals surface area contributed by atoms with E-state index in [0.717, 1.165) is 13.0 Å². The minimum absolute atomic E-state index is 0.186. The highest BCUT2D eigenvalue weighted by molar-refractivity contribution is 6.01. The van der Waals surface area contributed by atoms with Gasteiger partial charge in [0.1, 0.15) is 11.9 Å². The molecule has 2 unspecified atom stereocenters. The largest absolute Gasteiger partial charge is 0.374 e. The van der Waals surface area contributed by atoms with Crippen LogP contribution in [0.4, 0.5) is 15.8 Å². The molecule has 0 aromatic heterocycles. The summed E-state index contributed by atoms with van der Waals surface area (Å²) in [6.07, 6.45) is 1.25. The lowest BCUT2D eigenvalue weighted by atomic mass is 10.1. The van der Waals surface area contributed by atoms with Crippen LogP contribution in [-0.2, 0) is 19.1 Å². The van der Waals surface area contributed by atoms with Crippen molar-refractivity contribution in [2.75, 3.05) is 37.5 Å². The number of benzene rings is 1. The molecule has 26 heavy (non-hydrogen) atoms. The predicted molar refractivity (Wildman–Crippen MR) is 94.3 cm³/mol. The van der Waals surface area contributed by atoms with E-state index in [0.29, 0.717) is 24.3 Å². The SMILES string of the molecule is COC(OC)C1CCN(c2ccc(NC3CCC(=O)NC3=O)cc2F)C1. The molecule has 0 radical (unpaired) electrons. The Morgan fingerprint density at radius 1 is 1.27 bits per heavy atom. The Bertz CT molecular complexity index is 680. The molecule has 2 atom stereocenters. The fraction of sp³-hybridized carbons (Fsp3) is 0.556. The minimum Gasteiger partial charge on any atom is -0.374 e. The lowest BCUT2D eigenvalue weighted by molar-refractivity contribution is -0.133. The van der Waals surface area contributed by atoms with E-state index >= 15 is 0 Å². The van der Waals surface area contributed by atoms with Crippen molar-refractivity contribution >= 4 is 23.2 Å². The quantitative estimate of drug-likeness (QED) is 0.587. The van der Waals surface area contributed by atoms with Gasteiger partial charge in [-0.3, -0.25) is 14.9 Å². The van der Waals surface area contributed by atoms with Crippen molar-refractivity contribution in [1.29, 1.82) is 0 Å². The first-order valence-electron chi connectivity index (χ1n) is 8.72. The zero-order valence-electron chi connectivity index (χ0n) is 15.0. The molecule has 2 N–H and O–H groups in total. The number of nitrogens with zero attached hydrogens (tertiary/aromatic N) is 1. The molecule has 8 heteroatoms. The molecule has 2 aliphatic heterocycles. The topological polar surface area (TPSA) is 79.9 Å². The smallest absolute Gasteiger partial charge is 0.249 e. The van der Waals surface area contributed by atoms with Gasteiger partial charge in [0, 0.05) is 45.3 Å². The number of carbonyl (C=O) groups excluding carboxylic acids is 2. The van der Waals surface area contributed by atoms with Gasteiger partial charge in [0.15, 0.2) is 6.29 Å².